The Hall–Kier alpha value is -1.04. The van der Waals surface area contributed by atoms with Crippen LogP contribution in [0.2, 0.25) is 0 Å². The molecule has 0 aliphatic rings. The summed E-state index contributed by atoms with van der Waals surface area (Å²) in [4.78, 5) is 8.25. The Kier molecular flexibility index (Phi) is 9.14. The van der Waals surface area contributed by atoms with Crippen LogP contribution in [-0.4, -0.2) is 46.2 Å². The van der Waals surface area contributed by atoms with E-state index in [4.69, 9.17) is 4.74 Å². The van der Waals surface area contributed by atoms with Crippen molar-refractivity contribution < 1.29 is 4.74 Å². The normalized spacial score (nSPS) is 11.0. The van der Waals surface area contributed by atoms with E-state index in [1.54, 1.807) is 0 Å². The third kappa shape index (κ3) is 6.94. The van der Waals surface area contributed by atoms with Gasteiger partial charge in [-0.2, -0.15) is 23.5 Å². The molecule has 2 aromatic heterocycles. The lowest BCUT2D eigenvalue weighted by atomic mass is 9.95. The van der Waals surface area contributed by atoms with E-state index < -0.39 is 0 Å². The van der Waals surface area contributed by atoms with E-state index in [1.165, 1.54) is 11.1 Å². The first-order chi connectivity index (χ1) is 11.4. The minimum absolute atomic E-state index is 0.377. The fraction of sp³-hybridized carbons (Fsp3) is 0.444. The van der Waals surface area contributed by atoms with Crippen LogP contribution in [-0.2, 0) is 4.74 Å². The Morgan fingerprint density at radius 1 is 0.870 bits per heavy atom. The quantitative estimate of drug-likeness (QED) is 0.571. The molecule has 23 heavy (non-hydrogen) atoms. The first-order valence-corrected chi connectivity index (χ1v) is 10.3. The summed E-state index contributed by atoms with van der Waals surface area (Å²) in [7, 11) is 0. The molecule has 0 bridgehead atoms. The molecule has 0 amide bonds. The van der Waals surface area contributed by atoms with Gasteiger partial charge in [0.2, 0.25) is 0 Å². The molecule has 0 unspecified atom stereocenters. The van der Waals surface area contributed by atoms with E-state index in [0.717, 1.165) is 36.2 Å². The second kappa shape index (κ2) is 11.5. The molecule has 0 aromatic carbocycles. The van der Waals surface area contributed by atoms with Crippen LogP contribution >= 0.6 is 23.5 Å². The van der Waals surface area contributed by atoms with Crippen LogP contribution in [0, 0.1) is 0 Å². The topological polar surface area (TPSA) is 35.0 Å². The molecule has 124 valence electrons. The van der Waals surface area contributed by atoms with Gasteiger partial charge in [-0.25, -0.2) is 0 Å². The van der Waals surface area contributed by atoms with Crippen LogP contribution in [0.25, 0.3) is 0 Å². The highest BCUT2D eigenvalue weighted by molar-refractivity contribution is 7.99. The van der Waals surface area contributed by atoms with Gasteiger partial charge in [-0.1, -0.05) is 6.92 Å². The van der Waals surface area contributed by atoms with E-state index in [-0.39, 0.29) is 0 Å². The standard InChI is InChI=1S/C18H24N2OS2/c1-2-22-13-11-21-12-14-23-15-18(16-3-7-19-8-4-16)17-5-9-20-10-6-17/h3-10,18H,2,11-15H2,1H3. The molecule has 2 aromatic rings. The van der Waals surface area contributed by atoms with Crippen LogP contribution < -0.4 is 0 Å². The highest BCUT2D eigenvalue weighted by Gasteiger charge is 2.13. The van der Waals surface area contributed by atoms with Crippen molar-refractivity contribution in [3.8, 4) is 0 Å². The molecular formula is C18H24N2OS2. The maximum atomic E-state index is 5.67. The van der Waals surface area contributed by atoms with Gasteiger partial charge in [0.15, 0.2) is 0 Å². The van der Waals surface area contributed by atoms with E-state index in [2.05, 4.69) is 41.2 Å². The Morgan fingerprint density at radius 2 is 1.39 bits per heavy atom. The zero-order valence-corrected chi connectivity index (χ0v) is 15.2. The summed E-state index contributed by atoms with van der Waals surface area (Å²) in [6.07, 6.45) is 7.46. The molecule has 0 radical (unpaired) electrons. The molecule has 3 nitrogen and oxygen atoms in total. The SMILES string of the molecule is CCSCCOCCSCC(c1ccncc1)c1ccncc1. The summed E-state index contributed by atoms with van der Waals surface area (Å²) < 4.78 is 5.67. The number of aromatic nitrogens is 2. The highest BCUT2D eigenvalue weighted by Crippen LogP contribution is 2.27. The first kappa shape index (κ1) is 18.3. The predicted octanol–water partition coefficient (Wildman–Crippen LogP) is 4.11. The molecule has 0 aliphatic heterocycles. The number of thioether (sulfide) groups is 2. The molecule has 0 spiro atoms. The second-order valence-corrected chi connectivity index (χ2v) is 7.54. The molecule has 2 heterocycles. The summed E-state index contributed by atoms with van der Waals surface area (Å²) in [5, 5.41) is 0. The van der Waals surface area contributed by atoms with Gasteiger partial charge in [0.25, 0.3) is 0 Å². The van der Waals surface area contributed by atoms with Crippen molar-refractivity contribution >= 4 is 23.5 Å². The monoisotopic (exact) mass is 348 g/mol. The maximum Gasteiger partial charge on any atom is 0.0557 e. The number of rotatable bonds is 11. The van der Waals surface area contributed by atoms with Gasteiger partial charge < -0.3 is 4.74 Å². The van der Waals surface area contributed by atoms with E-state index in [9.17, 15) is 0 Å². The van der Waals surface area contributed by atoms with Crippen molar-refractivity contribution in [1.29, 1.82) is 0 Å². The third-order valence-corrected chi connectivity index (χ3v) is 5.34. The zero-order chi connectivity index (χ0) is 16.2. The average molecular weight is 349 g/mol. The van der Waals surface area contributed by atoms with Crippen molar-refractivity contribution in [2.75, 3.05) is 36.2 Å². The van der Waals surface area contributed by atoms with Crippen LogP contribution in [0.4, 0.5) is 0 Å². The van der Waals surface area contributed by atoms with Gasteiger partial charge in [-0.05, 0) is 41.1 Å². The van der Waals surface area contributed by atoms with Crippen LogP contribution in [0.1, 0.15) is 24.0 Å². The molecule has 5 heteroatoms. The number of ether oxygens (including phenoxy) is 1. The molecule has 0 aliphatic carbocycles. The van der Waals surface area contributed by atoms with Crippen molar-refractivity contribution in [2.24, 2.45) is 0 Å². The van der Waals surface area contributed by atoms with Crippen LogP contribution in [0.5, 0.6) is 0 Å². The van der Waals surface area contributed by atoms with E-state index in [0.29, 0.717) is 5.92 Å². The Balaban J connectivity index is 1.80. The largest absolute Gasteiger partial charge is 0.380 e. The minimum atomic E-state index is 0.377. The van der Waals surface area contributed by atoms with Gasteiger partial charge in [-0.3, -0.25) is 9.97 Å². The number of nitrogens with zero attached hydrogens (tertiary/aromatic N) is 2. The average Bonchev–Trinajstić information content (AvgIpc) is 2.62. The summed E-state index contributed by atoms with van der Waals surface area (Å²) in [6.45, 7) is 3.87. The van der Waals surface area contributed by atoms with Crippen LogP contribution in [0.15, 0.2) is 49.1 Å². The molecule has 0 saturated heterocycles. The lowest BCUT2D eigenvalue weighted by Crippen LogP contribution is -2.07. The lowest BCUT2D eigenvalue weighted by Gasteiger charge is -2.17. The summed E-state index contributed by atoms with van der Waals surface area (Å²) in [5.41, 5.74) is 2.61. The second-order valence-electron chi connectivity index (χ2n) is 5.00. The highest BCUT2D eigenvalue weighted by atomic mass is 32.2. The Bertz CT molecular complexity index is 486. The van der Waals surface area contributed by atoms with Gasteiger partial charge in [0, 0.05) is 48.0 Å². The van der Waals surface area contributed by atoms with Crippen molar-refractivity contribution in [3.05, 3.63) is 60.2 Å². The van der Waals surface area contributed by atoms with Gasteiger partial charge in [0.1, 0.15) is 0 Å². The minimum Gasteiger partial charge on any atom is -0.380 e. The summed E-state index contributed by atoms with van der Waals surface area (Å²) in [5.74, 6) is 4.71. The Labute approximate surface area is 147 Å². The molecule has 2 rings (SSSR count). The summed E-state index contributed by atoms with van der Waals surface area (Å²) in [6, 6.07) is 8.41. The zero-order valence-electron chi connectivity index (χ0n) is 13.6. The van der Waals surface area contributed by atoms with Crippen molar-refractivity contribution in [3.63, 3.8) is 0 Å². The maximum absolute atomic E-state index is 5.67. The van der Waals surface area contributed by atoms with Gasteiger partial charge >= 0.3 is 0 Å². The van der Waals surface area contributed by atoms with Gasteiger partial charge in [-0.15, -0.1) is 0 Å². The fourth-order valence-electron chi connectivity index (χ4n) is 2.26. The molecule has 0 atom stereocenters. The van der Waals surface area contributed by atoms with E-state index in [1.807, 2.05) is 48.3 Å². The van der Waals surface area contributed by atoms with Gasteiger partial charge in [0.05, 0.1) is 13.2 Å². The molecule has 0 saturated carbocycles. The predicted molar refractivity (Wildman–Crippen MR) is 101 cm³/mol. The van der Waals surface area contributed by atoms with Crippen LogP contribution in [0.3, 0.4) is 0 Å². The number of hydrogen-bond donors (Lipinski definition) is 0. The molecule has 0 N–H and O–H groups in total. The number of pyridine rings is 2. The third-order valence-electron chi connectivity index (χ3n) is 3.45. The summed E-state index contributed by atoms with van der Waals surface area (Å²) >= 11 is 3.87. The van der Waals surface area contributed by atoms with Crippen molar-refractivity contribution in [2.45, 2.75) is 12.8 Å². The van der Waals surface area contributed by atoms with Crippen molar-refractivity contribution in [1.82, 2.24) is 9.97 Å². The smallest absolute Gasteiger partial charge is 0.0557 e. The van der Waals surface area contributed by atoms with E-state index >= 15 is 0 Å². The fourth-order valence-corrected chi connectivity index (χ4v) is 3.81. The molecule has 0 fully saturated rings. The molecular weight excluding hydrogens is 324 g/mol. The lowest BCUT2D eigenvalue weighted by molar-refractivity contribution is 0.167. The Morgan fingerprint density at radius 3 is 1.91 bits per heavy atom. The first-order valence-electron chi connectivity index (χ1n) is 7.95. The number of hydrogen-bond acceptors (Lipinski definition) is 5.